The maximum absolute atomic E-state index is 12.2. The number of carbonyl (C=O) groups excluding carboxylic acids is 3. The maximum Gasteiger partial charge on any atom is 0.338 e. The lowest BCUT2D eigenvalue weighted by Gasteiger charge is -2.13. The average Bonchev–Trinajstić information content (AvgIpc) is 2.93. The highest BCUT2D eigenvalue weighted by molar-refractivity contribution is 6.21. The van der Waals surface area contributed by atoms with Gasteiger partial charge in [0, 0.05) is 6.54 Å². The molecule has 2 amide bonds. The zero-order valence-corrected chi connectivity index (χ0v) is 15.1. The van der Waals surface area contributed by atoms with Gasteiger partial charge in [0.25, 0.3) is 11.8 Å². The van der Waals surface area contributed by atoms with E-state index in [0.29, 0.717) is 48.4 Å². The first-order valence-corrected chi connectivity index (χ1v) is 8.97. The standard InChI is InChI=1S/C21H21NO5/c1-2-26-16-11-9-15(10-12-16)21(25)27-14-6-5-13-22-19(23)17-7-3-4-8-18(17)20(22)24/h3-4,7-12H,2,5-6,13-14H2,1H3. The van der Waals surface area contributed by atoms with Crippen molar-refractivity contribution in [1.82, 2.24) is 4.90 Å². The molecule has 0 N–H and O–H groups in total. The van der Waals surface area contributed by atoms with Crippen LogP contribution in [0.5, 0.6) is 5.75 Å². The Balaban J connectivity index is 1.41. The minimum absolute atomic E-state index is 0.231. The number of rotatable bonds is 8. The fourth-order valence-electron chi connectivity index (χ4n) is 2.92. The van der Waals surface area contributed by atoms with Crippen molar-refractivity contribution in [3.8, 4) is 5.75 Å². The highest BCUT2D eigenvalue weighted by Crippen LogP contribution is 2.22. The minimum atomic E-state index is -0.404. The van der Waals surface area contributed by atoms with Crippen LogP contribution in [-0.4, -0.2) is 42.4 Å². The van der Waals surface area contributed by atoms with Crippen molar-refractivity contribution in [3.05, 3.63) is 65.2 Å². The molecule has 0 aliphatic carbocycles. The van der Waals surface area contributed by atoms with E-state index in [0.717, 1.165) is 0 Å². The normalized spacial score (nSPS) is 12.9. The summed E-state index contributed by atoms with van der Waals surface area (Å²) in [6.45, 7) is 3.00. The topological polar surface area (TPSA) is 72.9 Å². The van der Waals surface area contributed by atoms with Gasteiger partial charge in [0.1, 0.15) is 5.75 Å². The first-order chi connectivity index (χ1) is 13.1. The number of hydrogen-bond donors (Lipinski definition) is 0. The Morgan fingerprint density at radius 1 is 0.926 bits per heavy atom. The molecule has 2 aromatic carbocycles. The van der Waals surface area contributed by atoms with Crippen LogP contribution in [0.4, 0.5) is 0 Å². The maximum atomic E-state index is 12.2. The van der Waals surface area contributed by atoms with E-state index in [4.69, 9.17) is 9.47 Å². The molecule has 0 radical (unpaired) electrons. The van der Waals surface area contributed by atoms with Gasteiger partial charge in [-0.15, -0.1) is 0 Å². The average molecular weight is 367 g/mol. The molecule has 1 aliphatic heterocycles. The van der Waals surface area contributed by atoms with Crippen LogP contribution >= 0.6 is 0 Å². The highest BCUT2D eigenvalue weighted by Gasteiger charge is 2.34. The fourth-order valence-corrected chi connectivity index (χ4v) is 2.92. The zero-order valence-electron chi connectivity index (χ0n) is 15.1. The molecule has 0 atom stereocenters. The Hall–Kier alpha value is -3.15. The summed E-state index contributed by atoms with van der Waals surface area (Å²) in [5.41, 5.74) is 1.35. The lowest BCUT2D eigenvalue weighted by Crippen LogP contribution is -2.30. The predicted octanol–water partition coefficient (Wildman–Crippen LogP) is 3.32. The first kappa shape index (κ1) is 18.6. The molecular weight excluding hydrogens is 346 g/mol. The summed E-state index contributed by atoms with van der Waals surface area (Å²) in [6.07, 6.45) is 1.14. The van der Waals surface area contributed by atoms with E-state index in [9.17, 15) is 14.4 Å². The van der Waals surface area contributed by atoms with Crippen molar-refractivity contribution < 1.29 is 23.9 Å². The molecule has 2 aromatic rings. The number of imide groups is 1. The molecule has 1 heterocycles. The Labute approximate surface area is 157 Å². The van der Waals surface area contributed by atoms with Gasteiger partial charge in [-0.1, -0.05) is 12.1 Å². The van der Waals surface area contributed by atoms with Gasteiger partial charge in [-0.25, -0.2) is 4.79 Å². The number of unbranched alkanes of at least 4 members (excludes halogenated alkanes) is 1. The SMILES string of the molecule is CCOc1ccc(C(=O)OCCCCN2C(=O)c3ccccc3C2=O)cc1. The number of carbonyl (C=O) groups is 3. The third-order valence-electron chi connectivity index (χ3n) is 4.29. The molecule has 0 unspecified atom stereocenters. The predicted molar refractivity (Wildman–Crippen MR) is 98.9 cm³/mol. The summed E-state index contributed by atoms with van der Waals surface area (Å²) < 4.78 is 10.6. The summed E-state index contributed by atoms with van der Waals surface area (Å²) in [7, 11) is 0. The number of hydrogen-bond acceptors (Lipinski definition) is 5. The Kier molecular flexibility index (Phi) is 5.86. The first-order valence-electron chi connectivity index (χ1n) is 8.97. The van der Waals surface area contributed by atoms with Crippen LogP contribution in [0, 0.1) is 0 Å². The largest absolute Gasteiger partial charge is 0.494 e. The third-order valence-corrected chi connectivity index (χ3v) is 4.29. The number of fused-ring (bicyclic) bond motifs is 1. The van der Waals surface area contributed by atoms with Crippen LogP contribution < -0.4 is 4.74 Å². The summed E-state index contributed by atoms with van der Waals surface area (Å²) in [4.78, 5) is 37.7. The monoisotopic (exact) mass is 367 g/mol. The van der Waals surface area contributed by atoms with Crippen molar-refractivity contribution in [2.75, 3.05) is 19.8 Å². The highest BCUT2D eigenvalue weighted by atomic mass is 16.5. The van der Waals surface area contributed by atoms with Gasteiger partial charge in [-0.05, 0) is 56.2 Å². The minimum Gasteiger partial charge on any atom is -0.494 e. The molecule has 6 nitrogen and oxygen atoms in total. The van der Waals surface area contributed by atoms with Crippen LogP contribution in [0.2, 0.25) is 0 Å². The summed E-state index contributed by atoms with van der Waals surface area (Å²) in [6, 6.07) is 13.6. The number of nitrogens with zero attached hydrogens (tertiary/aromatic N) is 1. The number of esters is 1. The van der Waals surface area contributed by atoms with E-state index >= 15 is 0 Å². The second-order valence-electron chi connectivity index (χ2n) is 6.11. The van der Waals surface area contributed by atoms with Gasteiger partial charge in [0.2, 0.25) is 0 Å². The van der Waals surface area contributed by atoms with Gasteiger partial charge >= 0.3 is 5.97 Å². The van der Waals surface area contributed by atoms with E-state index in [2.05, 4.69) is 0 Å². The second-order valence-corrected chi connectivity index (χ2v) is 6.11. The molecule has 27 heavy (non-hydrogen) atoms. The van der Waals surface area contributed by atoms with E-state index in [-0.39, 0.29) is 18.4 Å². The van der Waals surface area contributed by atoms with Crippen molar-refractivity contribution in [2.24, 2.45) is 0 Å². The van der Waals surface area contributed by atoms with Gasteiger partial charge < -0.3 is 9.47 Å². The van der Waals surface area contributed by atoms with Crippen LogP contribution in [0.3, 0.4) is 0 Å². The Morgan fingerprint density at radius 3 is 2.15 bits per heavy atom. The molecule has 0 fully saturated rings. The molecular formula is C21H21NO5. The second kappa shape index (κ2) is 8.49. The van der Waals surface area contributed by atoms with Gasteiger partial charge in [-0.3, -0.25) is 14.5 Å². The summed E-state index contributed by atoms with van der Waals surface area (Å²) in [5.74, 6) is -0.224. The van der Waals surface area contributed by atoms with E-state index in [1.54, 1.807) is 48.5 Å². The number of ether oxygens (including phenoxy) is 2. The lowest BCUT2D eigenvalue weighted by molar-refractivity contribution is 0.0485. The Morgan fingerprint density at radius 2 is 1.56 bits per heavy atom. The van der Waals surface area contributed by atoms with Crippen molar-refractivity contribution in [1.29, 1.82) is 0 Å². The molecule has 0 saturated carbocycles. The quantitative estimate of drug-likeness (QED) is 0.407. The van der Waals surface area contributed by atoms with Crippen LogP contribution in [0.15, 0.2) is 48.5 Å². The third kappa shape index (κ3) is 4.16. The Bertz CT molecular complexity index is 809. The van der Waals surface area contributed by atoms with Gasteiger partial charge in [0.15, 0.2) is 0 Å². The van der Waals surface area contributed by atoms with Crippen LogP contribution in [0.25, 0.3) is 0 Å². The molecule has 1 aliphatic rings. The van der Waals surface area contributed by atoms with Crippen LogP contribution in [0.1, 0.15) is 50.8 Å². The molecule has 0 bridgehead atoms. The summed E-state index contributed by atoms with van der Waals surface area (Å²) in [5, 5.41) is 0. The van der Waals surface area contributed by atoms with E-state index in [1.165, 1.54) is 4.90 Å². The molecule has 3 rings (SSSR count). The van der Waals surface area contributed by atoms with E-state index < -0.39 is 5.97 Å². The fraction of sp³-hybridized carbons (Fsp3) is 0.286. The molecule has 6 heteroatoms. The molecule has 0 aromatic heterocycles. The molecule has 0 spiro atoms. The molecule has 0 saturated heterocycles. The summed E-state index contributed by atoms with van der Waals surface area (Å²) >= 11 is 0. The van der Waals surface area contributed by atoms with Gasteiger partial charge in [0.05, 0.1) is 29.9 Å². The smallest absolute Gasteiger partial charge is 0.338 e. The van der Waals surface area contributed by atoms with E-state index in [1.807, 2.05) is 6.92 Å². The van der Waals surface area contributed by atoms with Crippen molar-refractivity contribution in [3.63, 3.8) is 0 Å². The van der Waals surface area contributed by atoms with Gasteiger partial charge in [-0.2, -0.15) is 0 Å². The number of amides is 2. The van der Waals surface area contributed by atoms with Crippen molar-refractivity contribution in [2.45, 2.75) is 19.8 Å². The van der Waals surface area contributed by atoms with Crippen LogP contribution in [-0.2, 0) is 4.74 Å². The molecule has 140 valence electrons. The number of benzene rings is 2. The lowest BCUT2D eigenvalue weighted by atomic mass is 10.1. The zero-order chi connectivity index (χ0) is 19.2. The van der Waals surface area contributed by atoms with Crippen molar-refractivity contribution >= 4 is 17.8 Å².